The summed E-state index contributed by atoms with van der Waals surface area (Å²) in [5.74, 6) is 0.701. The van der Waals surface area contributed by atoms with Crippen LogP contribution < -0.4 is 10.9 Å². The van der Waals surface area contributed by atoms with Crippen molar-refractivity contribution < 1.29 is 9.59 Å². The summed E-state index contributed by atoms with van der Waals surface area (Å²) in [6, 6.07) is 8.95. The van der Waals surface area contributed by atoms with E-state index in [0.29, 0.717) is 23.1 Å². The third-order valence-electron chi connectivity index (χ3n) is 5.86. The molecule has 1 aliphatic carbocycles. The first-order valence-electron chi connectivity index (χ1n) is 10.4. The van der Waals surface area contributed by atoms with Crippen molar-refractivity contribution in [3.8, 4) is 0 Å². The summed E-state index contributed by atoms with van der Waals surface area (Å²) in [4.78, 5) is 44.7. The molecule has 0 saturated carbocycles. The number of carbonyl (C=O) groups is 2. The van der Waals surface area contributed by atoms with Gasteiger partial charge in [0.2, 0.25) is 5.91 Å². The monoisotopic (exact) mass is 406 g/mol. The first-order chi connectivity index (χ1) is 14.6. The normalized spacial score (nSPS) is 18.7. The van der Waals surface area contributed by atoms with Gasteiger partial charge in [-0.15, -0.1) is 0 Å². The van der Waals surface area contributed by atoms with Gasteiger partial charge >= 0.3 is 0 Å². The minimum Gasteiger partial charge on any atom is -0.346 e. The van der Waals surface area contributed by atoms with Crippen molar-refractivity contribution in [1.82, 2.24) is 20.2 Å². The molecule has 4 rings (SSSR count). The van der Waals surface area contributed by atoms with E-state index in [9.17, 15) is 14.4 Å². The van der Waals surface area contributed by atoms with E-state index in [1.807, 2.05) is 29.2 Å². The number of H-pyrrole nitrogens is 1. The number of benzene rings is 1. The van der Waals surface area contributed by atoms with E-state index in [-0.39, 0.29) is 23.9 Å². The van der Waals surface area contributed by atoms with E-state index in [2.05, 4.69) is 27.4 Å². The van der Waals surface area contributed by atoms with Crippen LogP contribution in [0.3, 0.4) is 0 Å². The number of carbonyl (C=O) groups excluding carboxylic acids is 2. The van der Waals surface area contributed by atoms with Crippen LogP contribution in [0.4, 0.5) is 0 Å². The van der Waals surface area contributed by atoms with Gasteiger partial charge in [0.05, 0.1) is 18.6 Å². The lowest BCUT2D eigenvalue weighted by atomic mass is 9.97. The van der Waals surface area contributed by atoms with E-state index in [1.54, 1.807) is 0 Å². The molecule has 2 N–H and O–H groups in total. The molecule has 0 radical (unpaired) electrons. The van der Waals surface area contributed by atoms with Crippen molar-refractivity contribution in [1.29, 1.82) is 0 Å². The van der Waals surface area contributed by atoms with Crippen molar-refractivity contribution in [3.63, 3.8) is 0 Å². The number of nitrogens with zero attached hydrogens (tertiary/aromatic N) is 2. The Labute approximate surface area is 175 Å². The first-order valence-corrected chi connectivity index (χ1v) is 10.4. The number of hydrogen-bond acceptors (Lipinski definition) is 4. The summed E-state index contributed by atoms with van der Waals surface area (Å²) >= 11 is 0. The zero-order valence-electron chi connectivity index (χ0n) is 16.8. The predicted octanol–water partition coefficient (Wildman–Crippen LogP) is 2.06. The van der Waals surface area contributed by atoms with Crippen LogP contribution >= 0.6 is 0 Å². The maximum atomic E-state index is 12.6. The van der Waals surface area contributed by atoms with E-state index >= 15 is 0 Å². The van der Waals surface area contributed by atoms with Gasteiger partial charge in [0.25, 0.3) is 11.5 Å². The molecule has 2 aromatic rings. The Morgan fingerprint density at radius 2 is 1.93 bits per heavy atom. The maximum Gasteiger partial charge on any atom is 0.251 e. The Balaban J connectivity index is 1.27. The van der Waals surface area contributed by atoms with Gasteiger partial charge in [0.15, 0.2) is 0 Å². The Morgan fingerprint density at radius 1 is 1.17 bits per heavy atom. The van der Waals surface area contributed by atoms with Crippen LogP contribution in [0.5, 0.6) is 0 Å². The highest BCUT2D eigenvalue weighted by Crippen LogP contribution is 2.26. The molecule has 2 aliphatic rings. The molecule has 1 aromatic heterocycles. The zero-order chi connectivity index (χ0) is 20.9. The summed E-state index contributed by atoms with van der Waals surface area (Å²) in [5, 5.41) is 2.78. The second kappa shape index (κ2) is 9.07. The number of allylic oxidation sites excluding steroid dienone is 2. The molecule has 1 saturated heterocycles. The Hall–Kier alpha value is -3.22. The van der Waals surface area contributed by atoms with Crippen molar-refractivity contribution in [2.24, 2.45) is 11.8 Å². The van der Waals surface area contributed by atoms with E-state index in [0.717, 1.165) is 38.8 Å². The molecule has 7 nitrogen and oxygen atoms in total. The summed E-state index contributed by atoms with van der Waals surface area (Å²) in [6.07, 6.45) is 9.21. The van der Waals surface area contributed by atoms with Gasteiger partial charge in [0.1, 0.15) is 0 Å². The molecule has 2 amide bonds. The van der Waals surface area contributed by atoms with Gasteiger partial charge in [0, 0.05) is 30.6 Å². The minimum absolute atomic E-state index is 0.144. The fourth-order valence-electron chi connectivity index (χ4n) is 4.18. The molecule has 0 bridgehead atoms. The predicted molar refractivity (Wildman–Crippen MR) is 113 cm³/mol. The van der Waals surface area contributed by atoms with Crippen molar-refractivity contribution >= 4 is 11.8 Å². The first kappa shape index (κ1) is 20.1. The number of likely N-dealkylation sites (tertiary alicyclic amines) is 1. The average Bonchev–Trinajstić information content (AvgIpc) is 3.45. The largest absolute Gasteiger partial charge is 0.346 e. The van der Waals surface area contributed by atoms with Gasteiger partial charge in [-0.1, -0.05) is 24.3 Å². The molecule has 1 aromatic carbocycles. The van der Waals surface area contributed by atoms with Crippen molar-refractivity contribution in [2.75, 3.05) is 13.1 Å². The molecule has 1 atom stereocenters. The molecule has 156 valence electrons. The van der Waals surface area contributed by atoms with Crippen LogP contribution in [0.15, 0.2) is 53.6 Å². The Kier molecular flexibility index (Phi) is 6.07. The summed E-state index contributed by atoms with van der Waals surface area (Å²) in [7, 11) is 0. The van der Waals surface area contributed by atoms with E-state index < -0.39 is 0 Å². The fraction of sp³-hybridized carbons (Fsp3) is 0.391. The van der Waals surface area contributed by atoms with Gasteiger partial charge in [-0.3, -0.25) is 14.4 Å². The molecule has 1 aliphatic heterocycles. The third-order valence-corrected chi connectivity index (χ3v) is 5.86. The number of nitrogens with one attached hydrogen (secondary N) is 2. The summed E-state index contributed by atoms with van der Waals surface area (Å²) in [5.41, 5.74) is 2.01. The van der Waals surface area contributed by atoms with Crippen molar-refractivity contribution in [2.45, 2.75) is 32.2 Å². The quantitative estimate of drug-likeness (QED) is 0.718. The third kappa shape index (κ3) is 4.84. The Morgan fingerprint density at radius 3 is 2.67 bits per heavy atom. The fourth-order valence-corrected chi connectivity index (χ4v) is 4.18. The van der Waals surface area contributed by atoms with Crippen LogP contribution in [-0.2, 0) is 17.8 Å². The minimum atomic E-state index is -0.245. The topological polar surface area (TPSA) is 95.2 Å². The molecule has 1 unspecified atom stereocenters. The molecule has 2 heterocycles. The number of amides is 2. The van der Waals surface area contributed by atoms with Crippen LogP contribution in [0.1, 0.15) is 40.9 Å². The lowest BCUT2D eigenvalue weighted by Crippen LogP contribution is -2.33. The standard InChI is InChI=1S/C23H26N4O3/c28-21-12-20(25-15-26-21)13-24-22(29)18-7-5-16(6-8-18)11-17-9-10-27(14-17)23(30)19-3-1-2-4-19/h1-2,5-8,12,15,17,19H,3-4,9-11,13-14H2,(H,24,29)(H,25,26,28). The van der Waals surface area contributed by atoms with Gasteiger partial charge in [-0.05, 0) is 49.3 Å². The van der Waals surface area contributed by atoms with Crippen LogP contribution in [0, 0.1) is 11.8 Å². The highest BCUT2D eigenvalue weighted by molar-refractivity contribution is 5.94. The number of aromatic nitrogens is 2. The summed E-state index contributed by atoms with van der Waals surface area (Å²) < 4.78 is 0. The molecule has 1 fully saturated rings. The molecular formula is C23H26N4O3. The van der Waals surface area contributed by atoms with Crippen LogP contribution in [0.25, 0.3) is 0 Å². The highest BCUT2D eigenvalue weighted by Gasteiger charge is 2.30. The molecular weight excluding hydrogens is 380 g/mol. The molecule has 0 spiro atoms. The van der Waals surface area contributed by atoms with Crippen LogP contribution in [-0.4, -0.2) is 39.8 Å². The second-order valence-electron chi connectivity index (χ2n) is 8.06. The second-order valence-corrected chi connectivity index (χ2v) is 8.06. The SMILES string of the molecule is O=C(NCc1cc(=O)[nH]cn1)c1ccc(CC2CCN(C(=O)C3CC=CC3)C2)cc1. The lowest BCUT2D eigenvalue weighted by molar-refractivity contribution is -0.134. The lowest BCUT2D eigenvalue weighted by Gasteiger charge is -2.20. The number of aromatic amines is 1. The molecule has 30 heavy (non-hydrogen) atoms. The number of hydrogen-bond donors (Lipinski definition) is 2. The zero-order valence-corrected chi connectivity index (χ0v) is 16.8. The maximum absolute atomic E-state index is 12.6. The summed E-state index contributed by atoms with van der Waals surface area (Å²) in [6.45, 7) is 1.87. The van der Waals surface area contributed by atoms with Gasteiger partial charge in [-0.2, -0.15) is 0 Å². The number of rotatable bonds is 6. The van der Waals surface area contributed by atoms with Crippen LogP contribution in [0.2, 0.25) is 0 Å². The highest BCUT2D eigenvalue weighted by atomic mass is 16.2. The smallest absolute Gasteiger partial charge is 0.251 e. The molecule has 7 heteroatoms. The van der Waals surface area contributed by atoms with E-state index in [1.165, 1.54) is 18.0 Å². The Bertz CT molecular complexity index is 988. The van der Waals surface area contributed by atoms with E-state index in [4.69, 9.17) is 0 Å². The van der Waals surface area contributed by atoms with Crippen molar-refractivity contribution in [3.05, 3.63) is 76.0 Å². The van der Waals surface area contributed by atoms with Gasteiger partial charge < -0.3 is 15.2 Å². The van der Waals surface area contributed by atoms with Gasteiger partial charge in [-0.25, -0.2) is 4.98 Å². The average molecular weight is 406 g/mol.